The van der Waals surface area contributed by atoms with Crippen molar-refractivity contribution in [2.45, 2.75) is 32.7 Å². The lowest BCUT2D eigenvalue weighted by molar-refractivity contribution is 0.0733. The summed E-state index contributed by atoms with van der Waals surface area (Å²) in [6, 6.07) is 14.7. The molecule has 29 heavy (non-hydrogen) atoms. The summed E-state index contributed by atoms with van der Waals surface area (Å²) in [6.45, 7) is 5.26. The summed E-state index contributed by atoms with van der Waals surface area (Å²) in [5.41, 5.74) is 4.46. The van der Waals surface area contributed by atoms with Crippen LogP contribution in [0.2, 0.25) is 10.0 Å². The highest BCUT2D eigenvalue weighted by atomic mass is 35.5. The summed E-state index contributed by atoms with van der Waals surface area (Å²) >= 11 is 12.1. The number of hydrogen-bond donors (Lipinski definition) is 0. The first-order chi connectivity index (χ1) is 13.9. The number of hydrogen-bond acceptors (Lipinski definition) is 3. The molecule has 0 saturated carbocycles. The van der Waals surface area contributed by atoms with Crippen molar-refractivity contribution in [2.75, 3.05) is 6.54 Å². The molecule has 0 fully saturated rings. The molecule has 0 bridgehead atoms. The van der Waals surface area contributed by atoms with E-state index in [1.165, 1.54) is 0 Å². The first-order valence-corrected chi connectivity index (χ1v) is 10.4. The first kappa shape index (κ1) is 19.9. The molecule has 0 spiro atoms. The van der Waals surface area contributed by atoms with Gasteiger partial charge in [0.2, 0.25) is 0 Å². The van der Waals surface area contributed by atoms with E-state index in [0.29, 0.717) is 35.1 Å². The maximum atomic E-state index is 13.0. The fourth-order valence-electron chi connectivity index (χ4n) is 3.52. The van der Waals surface area contributed by atoms with Gasteiger partial charge in [0, 0.05) is 52.2 Å². The number of halogens is 2. The Balaban J connectivity index is 1.74. The monoisotopic (exact) mass is 425 g/mol. The summed E-state index contributed by atoms with van der Waals surface area (Å²) in [4.78, 5) is 24.5. The van der Waals surface area contributed by atoms with E-state index >= 15 is 0 Å². The minimum absolute atomic E-state index is 0.0341. The van der Waals surface area contributed by atoms with E-state index in [0.717, 1.165) is 28.3 Å². The molecule has 0 atom stereocenters. The van der Waals surface area contributed by atoms with Crippen molar-refractivity contribution in [3.63, 3.8) is 0 Å². The Bertz CT molecular complexity index is 1060. The van der Waals surface area contributed by atoms with Gasteiger partial charge in [-0.25, -0.2) is 9.97 Å². The zero-order valence-electron chi connectivity index (χ0n) is 16.3. The second-order valence-corrected chi connectivity index (χ2v) is 8.38. The predicted molar refractivity (Wildman–Crippen MR) is 116 cm³/mol. The van der Waals surface area contributed by atoms with Crippen LogP contribution in [0.4, 0.5) is 0 Å². The Labute approximate surface area is 180 Å². The van der Waals surface area contributed by atoms with Gasteiger partial charge in [-0.2, -0.15) is 0 Å². The number of amides is 1. The van der Waals surface area contributed by atoms with Crippen LogP contribution in [0, 0.1) is 0 Å². The minimum atomic E-state index is -0.0341. The maximum absolute atomic E-state index is 13.0. The van der Waals surface area contributed by atoms with Gasteiger partial charge >= 0.3 is 0 Å². The van der Waals surface area contributed by atoms with Crippen LogP contribution in [0.25, 0.3) is 11.3 Å². The summed E-state index contributed by atoms with van der Waals surface area (Å²) in [7, 11) is 0. The average molecular weight is 426 g/mol. The van der Waals surface area contributed by atoms with E-state index < -0.39 is 0 Å². The van der Waals surface area contributed by atoms with Gasteiger partial charge in [-0.3, -0.25) is 4.79 Å². The summed E-state index contributed by atoms with van der Waals surface area (Å²) < 4.78 is 0. The zero-order chi connectivity index (χ0) is 20.5. The Kier molecular flexibility index (Phi) is 5.57. The van der Waals surface area contributed by atoms with Crippen LogP contribution in [-0.4, -0.2) is 27.3 Å². The number of aromatic nitrogens is 2. The fourth-order valence-corrected chi connectivity index (χ4v) is 3.83. The average Bonchev–Trinajstić information content (AvgIpc) is 2.72. The molecule has 0 radical (unpaired) electrons. The van der Waals surface area contributed by atoms with Crippen molar-refractivity contribution in [1.29, 1.82) is 0 Å². The van der Waals surface area contributed by atoms with E-state index in [1.54, 1.807) is 24.3 Å². The van der Waals surface area contributed by atoms with Crippen molar-refractivity contribution in [2.24, 2.45) is 0 Å². The molecule has 0 N–H and O–H groups in total. The first-order valence-electron chi connectivity index (χ1n) is 9.63. The van der Waals surface area contributed by atoms with Crippen molar-refractivity contribution in [3.05, 3.63) is 81.2 Å². The third-order valence-electron chi connectivity index (χ3n) is 5.07. The molecule has 0 saturated heterocycles. The molecule has 1 amide bonds. The van der Waals surface area contributed by atoms with Crippen molar-refractivity contribution in [3.8, 4) is 11.3 Å². The maximum Gasteiger partial charge on any atom is 0.254 e. The van der Waals surface area contributed by atoms with Crippen molar-refractivity contribution >= 4 is 29.1 Å². The smallest absolute Gasteiger partial charge is 0.254 e. The van der Waals surface area contributed by atoms with Crippen LogP contribution in [0.3, 0.4) is 0 Å². The third kappa shape index (κ3) is 4.14. The normalized spacial score (nSPS) is 13.5. The Morgan fingerprint density at radius 2 is 1.79 bits per heavy atom. The number of nitrogens with zero attached hydrogens (tertiary/aromatic N) is 3. The zero-order valence-corrected chi connectivity index (χ0v) is 17.8. The third-order valence-corrected chi connectivity index (χ3v) is 5.56. The summed E-state index contributed by atoms with van der Waals surface area (Å²) in [5, 5.41) is 1.23. The Morgan fingerprint density at radius 1 is 1.03 bits per heavy atom. The molecule has 2 heterocycles. The van der Waals surface area contributed by atoms with Gasteiger partial charge in [0.15, 0.2) is 0 Å². The molecule has 148 valence electrons. The summed E-state index contributed by atoms with van der Waals surface area (Å²) in [6.07, 6.45) is 0.699. The number of benzene rings is 2. The molecule has 1 aromatic heterocycles. The van der Waals surface area contributed by atoms with Gasteiger partial charge in [0.25, 0.3) is 5.91 Å². The highest BCUT2D eigenvalue weighted by Gasteiger charge is 2.27. The van der Waals surface area contributed by atoms with E-state index in [-0.39, 0.29) is 11.8 Å². The highest BCUT2D eigenvalue weighted by Crippen LogP contribution is 2.31. The Hall–Kier alpha value is -2.43. The van der Waals surface area contributed by atoms with Gasteiger partial charge in [-0.05, 0) is 30.3 Å². The second-order valence-electron chi connectivity index (χ2n) is 7.50. The molecule has 6 heteroatoms. The topological polar surface area (TPSA) is 46.1 Å². The highest BCUT2D eigenvalue weighted by molar-refractivity contribution is 6.31. The largest absolute Gasteiger partial charge is 0.334 e. The van der Waals surface area contributed by atoms with E-state index in [9.17, 15) is 4.79 Å². The summed E-state index contributed by atoms with van der Waals surface area (Å²) in [5.74, 6) is 1.01. The SMILES string of the molecule is CC(C)c1nc2c(c(-c3ccc(Cl)cc3)n1)CN(C(=O)c1cccc(Cl)c1)CC2. The molecule has 4 nitrogen and oxygen atoms in total. The van der Waals surface area contributed by atoms with Gasteiger partial charge in [0.1, 0.15) is 5.82 Å². The Morgan fingerprint density at radius 3 is 2.48 bits per heavy atom. The van der Waals surface area contributed by atoms with Gasteiger partial charge in [-0.15, -0.1) is 0 Å². The molecule has 0 aliphatic carbocycles. The molecule has 0 unspecified atom stereocenters. The number of rotatable bonds is 3. The molecule has 3 aromatic rings. The van der Waals surface area contributed by atoms with Crippen LogP contribution >= 0.6 is 23.2 Å². The van der Waals surface area contributed by atoms with Gasteiger partial charge in [-0.1, -0.05) is 55.2 Å². The fraction of sp³-hybridized carbons (Fsp3) is 0.261. The quantitative estimate of drug-likeness (QED) is 0.534. The standard InChI is InChI=1S/C23H21Cl2N3O/c1-14(2)22-26-20-10-11-28(23(29)16-4-3-5-18(25)12-16)13-19(20)21(27-22)15-6-8-17(24)9-7-15/h3-9,12,14H,10-11,13H2,1-2H3. The minimum Gasteiger partial charge on any atom is -0.334 e. The van der Waals surface area contributed by atoms with E-state index in [2.05, 4.69) is 13.8 Å². The molecule has 1 aliphatic rings. The molecule has 1 aliphatic heterocycles. The molecular weight excluding hydrogens is 405 g/mol. The van der Waals surface area contributed by atoms with Crippen LogP contribution in [-0.2, 0) is 13.0 Å². The molecular formula is C23H21Cl2N3O. The van der Waals surface area contributed by atoms with Crippen LogP contribution in [0.1, 0.15) is 47.2 Å². The second kappa shape index (κ2) is 8.13. The lowest BCUT2D eigenvalue weighted by atomic mass is 9.97. The van der Waals surface area contributed by atoms with Gasteiger partial charge < -0.3 is 4.90 Å². The van der Waals surface area contributed by atoms with Crippen LogP contribution in [0.5, 0.6) is 0 Å². The molecule has 2 aromatic carbocycles. The van der Waals surface area contributed by atoms with E-state index in [4.69, 9.17) is 33.2 Å². The molecule has 4 rings (SSSR count). The van der Waals surface area contributed by atoms with Crippen LogP contribution < -0.4 is 0 Å². The number of carbonyl (C=O) groups excluding carboxylic acids is 1. The van der Waals surface area contributed by atoms with Crippen molar-refractivity contribution in [1.82, 2.24) is 14.9 Å². The number of carbonyl (C=O) groups is 1. The predicted octanol–water partition coefficient (Wildman–Crippen LogP) is 5.77. The van der Waals surface area contributed by atoms with Crippen molar-refractivity contribution < 1.29 is 4.79 Å². The lowest BCUT2D eigenvalue weighted by Gasteiger charge is -2.30. The van der Waals surface area contributed by atoms with Crippen LogP contribution in [0.15, 0.2) is 48.5 Å². The lowest BCUT2D eigenvalue weighted by Crippen LogP contribution is -2.37. The number of fused-ring (bicyclic) bond motifs is 1. The van der Waals surface area contributed by atoms with Gasteiger partial charge in [0.05, 0.1) is 11.4 Å². The van der Waals surface area contributed by atoms with E-state index in [1.807, 2.05) is 29.2 Å².